The number of amides is 4. The van der Waals surface area contributed by atoms with Crippen LogP contribution in [-0.2, 0) is 26.5 Å². The Kier molecular flexibility index (Phi) is 6.82. The predicted molar refractivity (Wildman–Crippen MR) is 110 cm³/mol. The quantitative estimate of drug-likeness (QED) is 0.534. The Morgan fingerprint density at radius 3 is 1.24 bits per heavy atom. The van der Waals surface area contributed by atoms with Crippen LogP contribution < -0.4 is 20.1 Å². The molecule has 2 aromatic rings. The van der Waals surface area contributed by atoms with Crippen LogP contribution in [0.1, 0.15) is 11.1 Å². The van der Waals surface area contributed by atoms with Crippen LogP contribution in [0, 0.1) is 0 Å². The molecule has 0 heterocycles. The van der Waals surface area contributed by atoms with Gasteiger partial charge in [-0.25, -0.2) is 35.9 Å². The molecule has 0 aliphatic rings. The lowest BCUT2D eigenvalue weighted by atomic mass is 10.0. The molecule has 4 N–H and O–H groups in total. The summed E-state index contributed by atoms with van der Waals surface area (Å²) < 4.78 is 47.6. The Hall–Kier alpha value is -3.12. The first-order chi connectivity index (χ1) is 13.4. The maximum Gasteiger partial charge on any atom is 0.332 e. The molecule has 0 bridgehead atoms. The summed E-state index contributed by atoms with van der Waals surface area (Å²) in [4.78, 5) is 23.0. The Balaban J connectivity index is 1.93. The molecular formula is C17H20N4O6S2. The minimum absolute atomic E-state index is 0.436. The normalized spacial score (nSPS) is 11.4. The number of anilines is 2. The summed E-state index contributed by atoms with van der Waals surface area (Å²) in [5.74, 6) is 0. The molecule has 2 rings (SSSR count). The highest BCUT2D eigenvalue weighted by Crippen LogP contribution is 2.16. The Labute approximate surface area is 168 Å². The number of rotatable bonds is 6. The number of hydrogen-bond acceptors (Lipinski definition) is 6. The van der Waals surface area contributed by atoms with E-state index in [9.17, 15) is 26.4 Å². The molecule has 29 heavy (non-hydrogen) atoms. The van der Waals surface area contributed by atoms with Crippen molar-refractivity contribution in [2.45, 2.75) is 6.42 Å². The zero-order valence-electron chi connectivity index (χ0n) is 15.6. The first-order valence-corrected chi connectivity index (χ1v) is 11.9. The molecule has 12 heteroatoms. The summed E-state index contributed by atoms with van der Waals surface area (Å²) in [6.07, 6.45) is 2.34. The number of nitrogens with one attached hydrogen (secondary N) is 4. The van der Waals surface area contributed by atoms with Gasteiger partial charge in [0.05, 0.1) is 12.5 Å². The van der Waals surface area contributed by atoms with E-state index >= 15 is 0 Å². The molecular weight excluding hydrogens is 420 g/mol. The second-order valence-electron chi connectivity index (χ2n) is 6.23. The van der Waals surface area contributed by atoms with Crippen LogP contribution in [0.5, 0.6) is 0 Å². The molecule has 0 aliphatic carbocycles. The lowest BCUT2D eigenvalue weighted by molar-refractivity contribution is 0.255. The van der Waals surface area contributed by atoms with Gasteiger partial charge in [-0.2, -0.15) is 0 Å². The summed E-state index contributed by atoms with van der Waals surface area (Å²) in [5, 5.41) is 4.83. The van der Waals surface area contributed by atoms with Gasteiger partial charge in [-0.15, -0.1) is 0 Å². The molecule has 0 spiro atoms. The highest BCUT2D eigenvalue weighted by Gasteiger charge is 2.09. The van der Waals surface area contributed by atoms with Crippen molar-refractivity contribution in [3.8, 4) is 0 Å². The van der Waals surface area contributed by atoms with Gasteiger partial charge in [0.1, 0.15) is 0 Å². The molecule has 0 fully saturated rings. The van der Waals surface area contributed by atoms with E-state index in [1.165, 1.54) is 0 Å². The number of sulfonamides is 2. The maximum absolute atomic E-state index is 11.5. The van der Waals surface area contributed by atoms with E-state index in [-0.39, 0.29) is 0 Å². The topological polar surface area (TPSA) is 151 Å². The highest BCUT2D eigenvalue weighted by atomic mass is 32.2. The minimum atomic E-state index is -3.63. The van der Waals surface area contributed by atoms with E-state index in [0.29, 0.717) is 17.8 Å². The van der Waals surface area contributed by atoms with E-state index < -0.39 is 32.1 Å². The van der Waals surface area contributed by atoms with Gasteiger partial charge in [-0.05, 0) is 41.8 Å². The van der Waals surface area contributed by atoms with E-state index in [0.717, 1.165) is 23.6 Å². The second kappa shape index (κ2) is 8.92. The number of carbonyl (C=O) groups is 2. The SMILES string of the molecule is CS(=O)(=O)NC(=O)Nc1ccc(Cc2ccc(NC(=O)NS(C)(=O)=O)cc2)cc1. The molecule has 0 atom stereocenters. The smallest absolute Gasteiger partial charge is 0.307 e. The summed E-state index contributed by atoms with van der Waals surface area (Å²) in [6, 6.07) is 12.0. The maximum atomic E-state index is 11.5. The first kappa shape index (κ1) is 22.2. The van der Waals surface area contributed by atoms with Gasteiger partial charge < -0.3 is 10.6 Å². The van der Waals surface area contributed by atoms with Crippen molar-refractivity contribution in [1.29, 1.82) is 0 Å². The van der Waals surface area contributed by atoms with Gasteiger partial charge in [0, 0.05) is 11.4 Å². The third-order valence-electron chi connectivity index (χ3n) is 3.39. The summed E-state index contributed by atoms with van der Waals surface area (Å²) >= 11 is 0. The summed E-state index contributed by atoms with van der Waals surface area (Å²) in [6.45, 7) is 0. The third kappa shape index (κ3) is 8.62. The van der Waals surface area contributed by atoms with E-state index in [2.05, 4.69) is 10.6 Å². The van der Waals surface area contributed by atoms with Crippen LogP contribution in [0.25, 0.3) is 0 Å². The standard InChI is InChI=1S/C17H20N4O6S2/c1-28(24,25)20-16(22)18-14-7-3-12(4-8-14)11-13-5-9-15(10-6-13)19-17(23)21-29(2,26)27/h3-10H,11H2,1-2H3,(H2,18,20,22)(H2,19,21,23). The van der Waals surface area contributed by atoms with Gasteiger partial charge in [-0.3, -0.25) is 0 Å². The summed E-state index contributed by atoms with van der Waals surface area (Å²) in [5.41, 5.74) is 2.75. The fourth-order valence-corrected chi connectivity index (χ4v) is 3.07. The Bertz CT molecular complexity index is 1010. The highest BCUT2D eigenvalue weighted by molar-refractivity contribution is 7.89. The van der Waals surface area contributed by atoms with Crippen molar-refractivity contribution in [1.82, 2.24) is 9.44 Å². The van der Waals surface area contributed by atoms with Crippen LogP contribution in [-0.4, -0.2) is 41.4 Å². The van der Waals surface area contributed by atoms with Gasteiger partial charge in [0.15, 0.2) is 0 Å². The summed E-state index contributed by atoms with van der Waals surface area (Å²) in [7, 11) is -7.27. The molecule has 0 saturated carbocycles. The molecule has 2 aromatic carbocycles. The molecule has 0 radical (unpaired) electrons. The lowest BCUT2D eigenvalue weighted by Gasteiger charge is -2.09. The Morgan fingerprint density at radius 2 is 0.966 bits per heavy atom. The van der Waals surface area contributed by atoms with Crippen molar-refractivity contribution < 1.29 is 26.4 Å². The molecule has 0 unspecified atom stereocenters. The van der Waals surface area contributed by atoms with Gasteiger partial charge in [0.25, 0.3) is 0 Å². The largest absolute Gasteiger partial charge is 0.332 e. The average molecular weight is 441 g/mol. The minimum Gasteiger partial charge on any atom is -0.307 e. The van der Waals surface area contributed by atoms with Crippen LogP contribution in [0.3, 0.4) is 0 Å². The fourth-order valence-electron chi connectivity index (χ4n) is 2.30. The van der Waals surface area contributed by atoms with E-state index in [4.69, 9.17) is 0 Å². The lowest BCUT2D eigenvalue weighted by Crippen LogP contribution is -2.33. The predicted octanol–water partition coefficient (Wildman–Crippen LogP) is 1.44. The fraction of sp³-hybridized carbons (Fsp3) is 0.176. The molecule has 0 saturated heterocycles. The zero-order chi connectivity index (χ0) is 21.7. The molecule has 0 aliphatic heterocycles. The van der Waals surface area contributed by atoms with E-state index in [1.54, 1.807) is 48.5 Å². The van der Waals surface area contributed by atoms with Crippen LogP contribution in [0.4, 0.5) is 21.0 Å². The first-order valence-electron chi connectivity index (χ1n) is 8.15. The van der Waals surface area contributed by atoms with Gasteiger partial charge in [0.2, 0.25) is 20.0 Å². The van der Waals surface area contributed by atoms with Gasteiger partial charge in [-0.1, -0.05) is 24.3 Å². The number of hydrogen-bond donors (Lipinski definition) is 4. The molecule has 4 amide bonds. The molecule has 10 nitrogen and oxygen atoms in total. The number of benzene rings is 2. The second-order valence-corrected chi connectivity index (χ2v) is 9.72. The molecule has 156 valence electrons. The van der Waals surface area contributed by atoms with Crippen molar-refractivity contribution in [3.63, 3.8) is 0 Å². The van der Waals surface area contributed by atoms with Gasteiger partial charge >= 0.3 is 12.1 Å². The third-order valence-corrected chi connectivity index (χ3v) is 4.50. The van der Waals surface area contributed by atoms with Crippen LogP contribution in [0.2, 0.25) is 0 Å². The molecule has 0 aromatic heterocycles. The average Bonchev–Trinajstić information content (AvgIpc) is 2.55. The van der Waals surface area contributed by atoms with Crippen LogP contribution >= 0.6 is 0 Å². The monoisotopic (exact) mass is 440 g/mol. The van der Waals surface area contributed by atoms with Crippen molar-refractivity contribution >= 4 is 43.5 Å². The number of urea groups is 2. The van der Waals surface area contributed by atoms with E-state index in [1.807, 2.05) is 9.44 Å². The number of carbonyl (C=O) groups excluding carboxylic acids is 2. The van der Waals surface area contributed by atoms with Crippen molar-refractivity contribution in [2.75, 3.05) is 23.1 Å². The van der Waals surface area contributed by atoms with Crippen molar-refractivity contribution in [3.05, 3.63) is 59.7 Å². The van der Waals surface area contributed by atoms with Crippen molar-refractivity contribution in [2.24, 2.45) is 0 Å². The Morgan fingerprint density at radius 1 is 0.655 bits per heavy atom. The zero-order valence-corrected chi connectivity index (χ0v) is 17.2. The van der Waals surface area contributed by atoms with Crippen LogP contribution in [0.15, 0.2) is 48.5 Å².